The van der Waals surface area contributed by atoms with Gasteiger partial charge in [0.15, 0.2) is 0 Å². The molecule has 0 bridgehead atoms. The van der Waals surface area contributed by atoms with Crippen LogP contribution in [0.1, 0.15) is 46.4 Å². The number of methoxy groups -OCH3 is 1. The van der Waals surface area contributed by atoms with Crippen molar-refractivity contribution in [1.29, 1.82) is 0 Å². The molecule has 180 valence electrons. The van der Waals surface area contributed by atoms with E-state index in [1.54, 1.807) is 18.2 Å². The lowest BCUT2D eigenvalue weighted by atomic mass is 9.79. The molecule has 3 atom stereocenters. The molecule has 3 fully saturated rings. The van der Waals surface area contributed by atoms with Gasteiger partial charge in [-0.15, -0.1) is 0 Å². The van der Waals surface area contributed by atoms with Crippen molar-refractivity contribution in [1.82, 2.24) is 15.5 Å². The van der Waals surface area contributed by atoms with E-state index in [9.17, 15) is 24.0 Å². The van der Waals surface area contributed by atoms with Crippen LogP contribution in [0.25, 0.3) is 0 Å². The van der Waals surface area contributed by atoms with E-state index in [-0.39, 0.29) is 41.8 Å². The van der Waals surface area contributed by atoms with Gasteiger partial charge in [-0.1, -0.05) is 0 Å². The molecule has 4 amide bonds. The highest BCUT2D eigenvalue weighted by Crippen LogP contribution is 2.39. The third kappa shape index (κ3) is 3.75. The Morgan fingerprint density at radius 1 is 1.00 bits per heavy atom. The predicted octanol–water partition coefficient (Wildman–Crippen LogP) is 0.313. The van der Waals surface area contributed by atoms with Gasteiger partial charge in [0.2, 0.25) is 11.8 Å². The molecule has 0 aromatic heterocycles. The molecule has 0 aliphatic carbocycles. The Balaban J connectivity index is 1.39. The molecule has 4 heterocycles. The van der Waals surface area contributed by atoms with E-state index in [2.05, 4.69) is 15.5 Å². The van der Waals surface area contributed by atoms with Crippen molar-refractivity contribution in [3.63, 3.8) is 0 Å². The number of rotatable bonds is 4. The van der Waals surface area contributed by atoms with E-state index in [1.807, 2.05) is 0 Å². The first-order chi connectivity index (χ1) is 16.4. The lowest BCUT2D eigenvalue weighted by Crippen LogP contribution is -2.54. The monoisotopic (exact) mass is 468 g/mol. The lowest BCUT2D eigenvalue weighted by Gasteiger charge is -2.30. The molecule has 1 aromatic carbocycles. The van der Waals surface area contributed by atoms with Crippen molar-refractivity contribution in [3.8, 4) is 0 Å². The zero-order valence-electron chi connectivity index (χ0n) is 19.0. The number of anilines is 1. The van der Waals surface area contributed by atoms with Crippen LogP contribution in [-0.2, 0) is 19.1 Å². The fraction of sp³-hybridized carbons (Fsp3) is 0.542. The summed E-state index contributed by atoms with van der Waals surface area (Å²) in [6.07, 6.45) is 2.21. The SMILES string of the molecule is COC(=O)[C@@H]1CN(c2ccc3c(c2)C(=O)N(C2CCC(=O)NC2=O)C3=O)C[C@H]1C1CCNCC1. The number of nitrogens with zero attached hydrogens (tertiary/aromatic N) is 2. The van der Waals surface area contributed by atoms with Crippen LogP contribution < -0.4 is 15.5 Å². The highest BCUT2D eigenvalue weighted by Gasteiger charge is 2.46. The van der Waals surface area contributed by atoms with Crippen molar-refractivity contribution in [2.24, 2.45) is 17.8 Å². The van der Waals surface area contributed by atoms with Crippen molar-refractivity contribution in [2.45, 2.75) is 31.7 Å². The minimum absolute atomic E-state index is 0.0792. The minimum atomic E-state index is -0.992. The van der Waals surface area contributed by atoms with Crippen molar-refractivity contribution in [3.05, 3.63) is 29.3 Å². The van der Waals surface area contributed by atoms with Crippen molar-refractivity contribution >= 4 is 35.3 Å². The van der Waals surface area contributed by atoms with E-state index >= 15 is 0 Å². The first-order valence-electron chi connectivity index (χ1n) is 11.8. The number of carbonyl (C=O) groups excluding carboxylic acids is 5. The molecule has 0 saturated carbocycles. The highest BCUT2D eigenvalue weighted by molar-refractivity contribution is 6.23. The molecule has 10 heteroatoms. The summed E-state index contributed by atoms with van der Waals surface area (Å²) in [7, 11) is 1.41. The number of imide groups is 2. The molecule has 34 heavy (non-hydrogen) atoms. The van der Waals surface area contributed by atoms with Gasteiger partial charge in [0.05, 0.1) is 24.2 Å². The largest absolute Gasteiger partial charge is 0.469 e. The van der Waals surface area contributed by atoms with Crippen LogP contribution >= 0.6 is 0 Å². The number of hydrogen-bond acceptors (Lipinski definition) is 8. The molecule has 4 aliphatic rings. The third-order valence-electron chi connectivity index (χ3n) is 7.65. The second-order valence-corrected chi connectivity index (χ2v) is 9.46. The number of benzene rings is 1. The number of ether oxygens (including phenoxy) is 1. The average molecular weight is 469 g/mol. The zero-order valence-corrected chi connectivity index (χ0v) is 19.0. The van der Waals surface area contributed by atoms with Gasteiger partial charge in [-0.05, 0) is 62.4 Å². The first kappa shape index (κ1) is 22.5. The summed E-state index contributed by atoms with van der Waals surface area (Å²) in [6.45, 7) is 3.02. The maximum Gasteiger partial charge on any atom is 0.310 e. The molecule has 0 spiro atoms. The quantitative estimate of drug-likeness (QED) is 0.478. The number of carbonyl (C=O) groups is 5. The van der Waals surface area contributed by atoms with Gasteiger partial charge in [0.25, 0.3) is 11.8 Å². The highest BCUT2D eigenvalue weighted by atomic mass is 16.5. The fourth-order valence-electron chi connectivity index (χ4n) is 5.85. The Hall–Kier alpha value is -3.27. The molecule has 1 aromatic rings. The van der Waals surface area contributed by atoms with Gasteiger partial charge in [0.1, 0.15) is 6.04 Å². The minimum Gasteiger partial charge on any atom is -0.469 e. The molecule has 3 saturated heterocycles. The molecule has 1 unspecified atom stereocenters. The summed E-state index contributed by atoms with van der Waals surface area (Å²) in [5, 5.41) is 5.57. The molecule has 4 aliphatic heterocycles. The van der Waals surface area contributed by atoms with Crippen molar-refractivity contribution < 1.29 is 28.7 Å². The van der Waals surface area contributed by atoms with E-state index in [1.165, 1.54) is 7.11 Å². The Morgan fingerprint density at radius 3 is 2.44 bits per heavy atom. The summed E-state index contributed by atoms with van der Waals surface area (Å²) >= 11 is 0. The van der Waals surface area contributed by atoms with Gasteiger partial charge in [-0.2, -0.15) is 0 Å². The molecule has 0 radical (unpaired) electrons. The van der Waals surface area contributed by atoms with Crippen LogP contribution in [-0.4, -0.2) is 73.8 Å². The smallest absolute Gasteiger partial charge is 0.310 e. The van der Waals surface area contributed by atoms with Gasteiger partial charge in [-0.3, -0.25) is 34.2 Å². The summed E-state index contributed by atoms with van der Waals surface area (Å²) in [6, 6.07) is 4.09. The first-order valence-corrected chi connectivity index (χ1v) is 11.8. The van der Waals surface area contributed by atoms with E-state index in [0.29, 0.717) is 19.0 Å². The molecule has 5 rings (SSSR count). The standard InChI is InChI=1S/C24H28N4O6/c1-34-24(33)18-12-27(11-17(18)13-6-8-25-9-7-13)14-2-3-15-16(10-14)23(32)28(22(15)31)19-4-5-20(29)26-21(19)30/h2-3,10,13,17-19,25H,4-9,11-12H2,1H3,(H,26,29,30)/t17-,18+,19?/m0/s1. The summed E-state index contributed by atoms with van der Waals surface area (Å²) < 4.78 is 5.09. The average Bonchev–Trinajstić information content (AvgIpc) is 3.39. The lowest BCUT2D eigenvalue weighted by molar-refractivity contribution is -0.146. The van der Waals surface area contributed by atoms with E-state index in [0.717, 1.165) is 36.5 Å². The van der Waals surface area contributed by atoms with E-state index in [4.69, 9.17) is 4.74 Å². The Bertz CT molecular complexity index is 1070. The van der Waals surface area contributed by atoms with Crippen LogP contribution in [0.5, 0.6) is 0 Å². The number of piperidine rings is 2. The molecule has 2 N–H and O–H groups in total. The second-order valence-electron chi connectivity index (χ2n) is 9.46. The van der Waals surface area contributed by atoms with Crippen molar-refractivity contribution in [2.75, 3.05) is 38.2 Å². The Morgan fingerprint density at radius 2 is 1.74 bits per heavy atom. The topological polar surface area (TPSA) is 125 Å². The van der Waals surface area contributed by atoms with Gasteiger partial charge >= 0.3 is 5.97 Å². The Kier molecular flexibility index (Phi) is 5.85. The number of amides is 4. The number of fused-ring (bicyclic) bond motifs is 1. The summed E-state index contributed by atoms with van der Waals surface area (Å²) in [5.41, 5.74) is 1.25. The maximum atomic E-state index is 13.2. The van der Waals surface area contributed by atoms with Crippen LogP contribution in [0, 0.1) is 17.8 Å². The van der Waals surface area contributed by atoms with Gasteiger partial charge in [0, 0.05) is 25.2 Å². The second kappa shape index (κ2) is 8.83. The molecular formula is C24H28N4O6. The van der Waals surface area contributed by atoms with Crippen LogP contribution in [0.2, 0.25) is 0 Å². The summed E-state index contributed by atoms with van der Waals surface area (Å²) in [4.78, 5) is 65.5. The summed E-state index contributed by atoms with van der Waals surface area (Å²) in [5.74, 6) is -2.00. The van der Waals surface area contributed by atoms with Crippen LogP contribution in [0.3, 0.4) is 0 Å². The van der Waals surface area contributed by atoms with Gasteiger partial charge in [-0.25, -0.2) is 0 Å². The predicted molar refractivity (Wildman–Crippen MR) is 120 cm³/mol. The van der Waals surface area contributed by atoms with Crippen LogP contribution in [0.15, 0.2) is 18.2 Å². The van der Waals surface area contributed by atoms with Crippen LogP contribution in [0.4, 0.5) is 5.69 Å². The fourth-order valence-corrected chi connectivity index (χ4v) is 5.85. The van der Waals surface area contributed by atoms with Gasteiger partial charge < -0.3 is 15.0 Å². The normalized spacial score (nSPS) is 27.7. The third-order valence-corrected chi connectivity index (χ3v) is 7.65. The zero-order chi connectivity index (χ0) is 24.0. The van der Waals surface area contributed by atoms with E-state index < -0.39 is 29.7 Å². The number of nitrogens with one attached hydrogen (secondary N) is 2. The maximum absolute atomic E-state index is 13.2. The Labute approximate surface area is 197 Å². The number of esters is 1. The molecular weight excluding hydrogens is 440 g/mol. The number of hydrogen-bond donors (Lipinski definition) is 2. The molecule has 10 nitrogen and oxygen atoms in total.